The van der Waals surface area contributed by atoms with Crippen molar-refractivity contribution < 1.29 is 18.0 Å². The molecule has 0 spiro atoms. The Bertz CT molecular complexity index is 1340. The monoisotopic (exact) mass is 526 g/mol. The molecule has 0 saturated carbocycles. The molecule has 0 atom stereocenters. The van der Waals surface area contributed by atoms with Gasteiger partial charge in [-0.15, -0.1) is 5.53 Å². The van der Waals surface area contributed by atoms with Gasteiger partial charge in [0.05, 0.1) is 16.9 Å². The zero-order valence-corrected chi connectivity index (χ0v) is 21.4. The van der Waals surface area contributed by atoms with E-state index in [4.69, 9.17) is 0 Å². The maximum atomic E-state index is 13.8. The largest absolute Gasteiger partial charge is 0.416 e. The number of hydrazine groups is 2. The molecular formula is C26H29F3N8O. The van der Waals surface area contributed by atoms with Crippen molar-refractivity contribution in [2.75, 3.05) is 42.8 Å². The maximum absolute atomic E-state index is 13.8. The van der Waals surface area contributed by atoms with Crippen LogP contribution in [0.2, 0.25) is 0 Å². The van der Waals surface area contributed by atoms with Crippen LogP contribution < -0.4 is 26.6 Å². The third kappa shape index (κ3) is 6.21. The van der Waals surface area contributed by atoms with Crippen LogP contribution in [0.25, 0.3) is 5.70 Å². The first kappa shape index (κ1) is 26.9. The highest BCUT2D eigenvalue weighted by molar-refractivity contribution is 6.05. The average molecular weight is 527 g/mol. The molecular weight excluding hydrogens is 497 g/mol. The Kier molecular flexibility index (Phi) is 7.83. The van der Waals surface area contributed by atoms with Crippen molar-refractivity contribution in [2.24, 2.45) is 0 Å². The number of amides is 1. The Hall–Kier alpha value is -4.16. The molecule has 1 aliphatic rings. The highest BCUT2D eigenvalue weighted by atomic mass is 19.4. The van der Waals surface area contributed by atoms with E-state index in [1.807, 2.05) is 38.2 Å². The van der Waals surface area contributed by atoms with E-state index in [1.54, 1.807) is 29.5 Å². The van der Waals surface area contributed by atoms with E-state index in [9.17, 15) is 18.0 Å². The summed E-state index contributed by atoms with van der Waals surface area (Å²) in [6.45, 7) is 4.35. The number of halogens is 3. The summed E-state index contributed by atoms with van der Waals surface area (Å²) in [6.07, 6.45) is 1.99. The molecule has 0 fully saturated rings. The molecule has 0 unspecified atom stereocenters. The number of anilines is 3. The second-order valence-electron chi connectivity index (χ2n) is 9.16. The van der Waals surface area contributed by atoms with Crippen molar-refractivity contribution in [3.05, 3.63) is 83.1 Å². The number of benzene rings is 2. The highest BCUT2D eigenvalue weighted by Gasteiger charge is 2.34. The Labute approximate surface area is 218 Å². The van der Waals surface area contributed by atoms with Crippen LogP contribution in [0.4, 0.5) is 30.2 Å². The minimum Gasteiger partial charge on any atom is -0.384 e. The van der Waals surface area contributed by atoms with Crippen LogP contribution in [0.5, 0.6) is 0 Å². The molecule has 38 heavy (non-hydrogen) atoms. The lowest BCUT2D eigenvalue weighted by atomic mass is 10.0. The second-order valence-corrected chi connectivity index (χ2v) is 9.16. The molecule has 9 nitrogen and oxygen atoms in total. The average Bonchev–Trinajstić information content (AvgIpc) is 3.36. The number of hydrogen-bond acceptors (Lipinski definition) is 8. The molecule has 0 radical (unpaired) electrons. The summed E-state index contributed by atoms with van der Waals surface area (Å²) >= 11 is 0. The third-order valence-electron chi connectivity index (χ3n) is 6.02. The van der Waals surface area contributed by atoms with Gasteiger partial charge in [0, 0.05) is 54.2 Å². The lowest BCUT2D eigenvalue weighted by Crippen LogP contribution is -2.36. The first-order valence-corrected chi connectivity index (χ1v) is 11.8. The molecule has 3 aromatic rings. The zero-order chi connectivity index (χ0) is 27.4. The predicted octanol–water partition coefficient (Wildman–Crippen LogP) is 4.17. The first-order valence-electron chi connectivity index (χ1n) is 11.8. The van der Waals surface area contributed by atoms with Crippen LogP contribution in [0.15, 0.2) is 55.3 Å². The topological polar surface area (TPSA) is 97.5 Å². The molecule has 200 valence electrons. The molecule has 0 saturated heterocycles. The molecule has 4 N–H and O–H groups in total. The van der Waals surface area contributed by atoms with Crippen molar-refractivity contribution in [1.82, 2.24) is 25.8 Å². The smallest absolute Gasteiger partial charge is 0.384 e. The van der Waals surface area contributed by atoms with Gasteiger partial charge in [-0.05, 0) is 63.3 Å². The van der Waals surface area contributed by atoms with Gasteiger partial charge in [-0.1, -0.05) is 6.07 Å². The van der Waals surface area contributed by atoms with Crippen molar-refractivity contribution in [3.8, 4) is 0 Å². The van der Waals surface area contributed by atoms with Crippen LogP contribution in [0.1, 0.15) is 32.6 Å². The number of aromatic nitrogens is 2. The van der Waals surface area contributed by atoms with Gasteiger partial charge in [0.15, 0.2) is 0 Å². The van der Waals surface area contributed by atoms with Crippen LogP contribution in [-0.2, 0) is 6.18 Å². The molecule has 1 amide bonds. The van der Waals surface area contributed by atoms with Gasteiger partial charge in [-0.25, -0.2) is 9.97 Å². The van der Waals surface area contributed by atoms with Crippen LogP contribution >= 0.6 is 0 Å². The standard InChI is InChI=1S/C26H29F3N8O/c1-16-5-6-20(11-24(16)37-14-23(34-35-37)19-12-30-15-31-13-19)33-25(38)18-9-21(26(27,28)29)17(2)22(10-18)32-7-8-36(3)4/h5-6,9-15,32,34-35H,7-8H2,1-4H3,(H,33,38). The van der Waals surface area contributed by atoms with E-state index in [-0.39, 0.29) is 16.8 Å². The molecule has 1 aromatic heterocycles. The number of hydrogen-bond donors (Lipinski definition) is 4. The lowest BCUT2D eigenvalue weighted by Gasteiger charge is -2.20. The van der Waals surface area contributed by atoms with Gasteiger partial charge in [0.25, 0.3) is 5.91 Å². The van der Waals surface area contributed by atoms with E-state index >= 15 is 0 Å². The minimum atomic E-state index is -4.60. The van der Waals surface area contributed by atoms with E-state index in [0.717, 1.165) is 28.6 Å². The van der Waals surface area contributed by atoms with E-state index in [0.29, 0.717) is 18.8 Å². The summed E-state index contributed by atoms with van der Waals surface area (Å²) in [4.78, 5) is 23.1. The second kappa shape index (κ2) is 11.1. The number of carbonyl (C=O) groups excluding carboxylic acids is 1. The van der Waals surface area contributed by atoms with E-state index < -0.39 is 17.6 Å². The molecule has 1 aliphatic heterocycles. The van der Waals surface area contributed by atoms with Crippen molar-refractivity contribution in [3.63, 3.8) is 0 Å². The molecule has 0 aliphatic carbocycles. The molecule has 4 rings (SSSR count). The molecule has 2 aromatic carbocycles. The summed E-state index contributed by atoms with van der Waals surface area (Å²) in [7, 11) is 3.74. The maximum Gasteiger partial charge on any atom is 0.416 e. The fraction of sp³-hybridized carbons (Fsp3) is 0.269. The molecule has 2 heterocycles. The zero-order valence-electron chi connectivity index (χ0n) is 21.4. The van der Waals surface area contributed by atoms with Gasteiger partial charge in [0.1, 0.15) is 6.33 Å². The number of nitrogens with one attached hydrogen (secondary N) is 4. The summed E-state index contributed by atoms with van der Waals surface area (Å²) < 4.78 is 41.3. The van der Waals surface area contributed by atoms with Crippen LogP contribution in [-0.4, -0.2) is 48.0 Å². The summed E-state index contributed by atoms with van der Waals surface area (Å²) in [6, 6.07) is 7.59. The first-order chi connectivity index (χ1) is 18.0. The fourth-order valence-corrected chi connectivity index (χ4v) is 3.92. The van der Waals surface area contributed by atoms with E-state index in [2.05, 4.69) is 31.6 Å². The molecule has 12 heteroatoms. The van der Waals surface area contributed by atoms with Gasteiger partial charge >= 0.3 is 6.18 Å². The number of nitrogens with zero attached hydrogens (tertiary/aromatic N) is 4. The Balaban J connectivity index is 1.58. The van der Waals surface area contributed by atoms with Crippen molar-refractivity contribution >= 4 is 28.7 Å². The van der Waals surface area contributed by atoms with Crippen LogP contribution in [0.3, 0.4) is 0 Å². The Morgan fingerprint density at radius 2 is 1.84 bits per heavy atom. The fourth-order valence-electron chi connectivity index (χ4n) is 3.92. The third-order valence-corrected chi connectivity index (χ3v) is 6.02. The van der Waals surface area contributed by atoms with Gasteiger partial charge in [-0.2, -0.15) is 13.2 Å². The Morgan fingerprint density at radius 3 is 2.53 bits per heavy atom. The number of aryl methyl sites for hydroxylation is 1. The number of likely N-dealkylation sites (N-methyl/N-ethyl adjacent to an activating group) is 1. The quantitative estimate of drug-likeness (QED) is 0.348. The van der Waals surface area contributed by atoms with Crippen molar-refractivity contribution in [1.29, 1.82) is 0 Å². The normalized spacial score (nSPS) is 13.4. The van der Waals surface area contributed by atoms with Gasteiger partial charge in [-0.3, -0.25) is 9.80 Å². The number of carbonyl (C=O) groups is 1. The number of rotatable bonds is 8. The predicted molar refractivity (Wildman–Crippen MR) is 141 cm³/mol. The van der Waals surface area contributed by atoms with Gasteiger partial charge < -0.3 is 21.0 Å². The van der Waals surface area contributed by atoms with Crippen LogP contribution in [0, 0.1) is 13.8 Å². The van der Waals surface area contributed by atoms with E-state index in [1.165, 1.54) is 19.3 Å². The number of alkyl halides is 3. The SMILES string of the molecule is Cc1ccc(NC(=O)c2cc(NCCN(C)C)c(C)c(C(F)(F)F)c2)cc1N1C=C(c2cncnc2)NN1. The van der Waals surface area contributed by atoms with Crippen molar-refractivity contribution in [2.45, 2.75) is 20.0 Å². The molecule has 0 bridgehead atoms. The summed E-state index contributed by atoms with van der Waals surface area (Å²) in [5.74, 6) is -0.647. The van der Waals surface area contributed by atoms with Gasteiger partial charge in [0.2, 0.25) is 0 Å². The lowest BCUT2D eigenvalue weighted by molar-refractivity contribution is -0.138. The highest BCUT2D eigenvalue weighted by Crippen LogP contribution is 2.36. The summed E-state index contributed by atoms with van der Waals surface area (Å²) in [5.41, 5.74) is 9.03. The summed E-state index contributed by atoms with van der Waals surface area (Å²) in [5, 5.41) is 7.49. The Morgan fingerprint density at radius 1 is 1.11 bits per heavy atom. The minimum absolute atomic E-state index is 0.0458.